The molecule has 1 fully saturated rings. The van der Waals surface area contributed by atoms with E-state index in [2.05, 4.69) is 188 Å². The maximum atomic E-state index is 5.16. The van der Waals surface area contributed by atoms with Gasteiger partial charge in [-0.05, 0) is 114 Å². The molecule has 62 heavy (non-hydrogen) atoms. The van der Waals surface area contributed by atoms with Crippen molar-refractivity contribution >= 4 is 21.5 Å². The van der Waals surface area contributed by atoms with Crippen LogP contribution in [0.1, 0.15) is 43.2 Å². The van der Waals surface area contributed by atoms with E-state index in [0.717, 1.165) is 33.6 Å². The summed E-state index contributed by atoms with van der Waals surface area (Å²) in [4.78, 5) is 10.3. The van der Waals surface area contributed by atoms with Crippen molar-refractivity contribution < 1.29 is 0 Å². The van der Waals surface area contributed by atoms with Gasteiger partial charge in [-0.25, -0.2) is 9.97 Å². The Balaban J connectivity index is 0.951. The molecule has 2 aliphatic rings. The van der Waals surface area contributed by atoms with Crippen LogP contribution in [0.25, 0.3) is 100.0 Å². The maximum Gasteiger partial charge on any atom is 0.160 e. The third kappa shape index (κ3) is 6.09. The van der Waals surface area contributed by atoms with Crippen LogP contribution in [0.4, 0.5) is 0 Å². The van der Waals surface area contributed by atoms with Gasteiger partial charge in [-0.2, -0.15) is 0 Å². The first-order valence-corrected chi connectivity index (χ1v) is 22.1. The highest BCUT2D eigenvalue weighted by Gasteiger charge is 2.44. The largest absolute Gasteiger partial charge is 0.228 e. The van der Waals surface area contributed by atoms with Gasteiger partial charge in [0.15, 0.2) is 5.82 Å². The van der Waals surface area contributed by atoms with Crippen molar-refractivity contribution in [2.45, 2.75) is 37.5 Å². The quantitative estimate of drug-likeness (QED) is 0.168. The van der Waals surface area contributed by atoms with Gasteiger partial charge >= 0.3 is 0 Å². The minimum atomic E-state index is 0.0823. The molecule has 1 heterocycles. The van der Waals surface area contributed by atoms with Crippen molar-refractivity contribution in [2.24, 2.45) is 0 Å². The topological polar surface area (TPSA) is 25.8 Å². The molecule has 9 aromatic carbocycles. The number of nitrogens with zero attached hydrogens (tertiary/aromatic N) is 2. The molecule has 12 rings (SSSR count). The van der Waals surface area contributed by atoms with E-state index < -0.39 is 0 Å². The first kappa shape index (κ1) is 36.4. The Kier molecular flexibility index (Phi) is 8.78. The summed E-state index contributed by atoms with van der Waals surface area (Å²) in [6.07, 6.45) is 6.32. The van der Waals surface area contributed by atoms with Gasteiger partial charge < -0.3 is 0 Å². The number of aromatic nitrogens is 2. The van der Waals surface area contributed by atoms with Gasteiger partial charge in [-0.3, -0.25) is 0 Å². The van der Waals surface area contributed by atoms with Gasteiger partial charge in [0.2, 0.25) is 0 Å². The summed E-state index contributed by atoms with van der Waals surface area (Å²) in [5.74, 6) is 0.714. The molecule has 0 bridgehead atoms. The van der Waals surface area contributed by atoms with E-state index in [4.69, 9.17) is 9.97 Å². The lowest BCUT2D eigenvalue weighted by Crippen LogP contribution is -2.28. The monoisotopic (exact) mass is 792 g/mol. The third-order valence-electron chi connectivity index (χ3n) is 13.7. The highest BCUT2D eigenvalue weighted by atomic mass is 14.9. The molecule has 0 unspecified atom stereocenters. The molecule has 2 heteroatoms. The second-order valence-electron chi connectivity index (χ2n) is 17.2. The van der Waals surface area contributed by atoms with Gasteiger partial charge in [0.25, 0.3) is 0 Å². The molecule has 0 N–H and O–H groups in total. The average Bonchev–Trinajstić information content (AvgIpc) is 3.60. The molecule has 1 spiro atoms. The fourth-order valence-corrected chi connectivity index (χ4v) is 10.7. The number of fused-ring (bicyclic) bond motifs is 7. The molecule has 2 nitrogen and oxygen atoms in total. The van der Waals surface area contributed by atoms with Crippen LogP contribution in [0.2, 0.25) is 0 Å². The number of benzene rings is 9. The Labute approximate surface area is 363 Å². The Bertz CT molecular complexity index is 3300. The van der Waals surface area contributed by atoms with E-state index >= 15 is 0 Å². The first-order chi connectivity index (χ1) is 30.7. The molecular formula is C60H44N2. The fraction of sp³-hybridized carbons (Fsp3) is 0.100. The summed E-state index contributed by atoms with van der Waals surface area (Å²) in [7, 11) is 0. The Morgan fingerprint density at radius 1 is 0.323 bits per heavy atom. The summed E-state index contributed by atoms with van der Waals surface area (Å²) < 4.78 is 0. The van der Waals surface area contributed by atoms with Gasteiger partial charge in [0.05, 0.1) is 11.4 Å². The Morgan fingerprint density at radius 2 is 0.903 bits per heavy atom. The molecule has 294 valence electrons. The van der Waals surface area contributed by atoms with Crippen molar-refractivity contribution in [1.82, 2.24) is 9.97 Å². The average molecular weight is 793 g/mol. The van der Waals surface area contributed by atoms with Crippen LogP contribution >= 0.6 is 0 Å². The van der Waals surface area contributed by atoms with Gasteiger partial charge in [0, 0.05) is 22.1 Å². The highest BCUT2D eigenvalue weighted by molar-refractivity contribution is 6.09. The molecule has 0 atom stereocenters. The lowest BCUT2D eigenvalue weighted by Gasteiger charge is -2.36. The van der Waals surface area contributed by atoms with E-state index in [1.54, 1.807) is 0 Å². The van der Waals surface area contributed by atoms with Gasteiger partial charge in [-0.1, -0.05) is 201 Å². The molecule has 10 aromatic rings. The maximum absolute atomic E-state index is 5.16. The highest BCUT2D eigenvalue weighted by Crippen LogP contribution is 2.59. The normalized spacial score (nSPS) is 13.9. The van der Waals surface area contributed by atoms with Crippen LogP contribution < -0.4 is 0 Å². The molecule has 0 saturated heterocycles. The van der Waals surface area contributed by atoms with E-state index in [9.17, 15) is 0 Å². The zero-order chi connectivity index (χ0) is 41.0. The van der Waals surface area contributed by atoms with E-state index in [-0.39, 0.29) is 5.41 Å². The number of hydrogen-bond acceptors (Lipinski definition) is 2. The van der Waals surface area contributed by atoms with Gasteiger partial charge in [0.1, 0.15) is 0 Å². The van der Waals surface area contributed by atoms with Gasteiger partial charge in [-0.15, -0.1) is 0 Å². The van der Waals surface area contributed by atoms with Crippen molar-refractivity contribution in [2.75, 3.05) is 0 Å². The summed E-state index contributed by atoms with van der Waals surface area (Å²) in [6, 6.07) is 75.3. The van der Waals surface area contributed by atoms with Crippen molar-refractivity contribution in [3.05, 3.63) is 217 Å². The molecule has 0 aliphatic heterocycles. The number of hydrogen-bond donors (Lipinski definition) is 0. The summed E-state index contributed by atoms with van der Waals surface area (Å²) >= 11 is 0. The lowest BCUT2D eigenvalue weighted by atomic mass is 9.67. The van der Waals surface area contributed by atoms with E-state index in [0.29, 0.717) is 5.82 Å². The molecule has 1 saturated carbocycles. The first-order valence-electron chi connectivity index (χ1n) is 22.1. The van der Waals surface area contributed by atoms with Crippen molar-refractivity contribution in [3.8, 4) is 78.4 Å². The number of rotatable bonds is 6. The standard InChI is InChI=1S/C60H44N2/c1-4-16-40(17-5-1)44-22-14-23-47(36-44)57-39-56(61-59(62-57)43-18-6-2-7-19-43)42-30-28-41(29-31-42)48-32-33-51(50-25-11-10-24-49(48)50)52-26-15-27-54-58(52)53-37-45-20-8-9-21-46(45)38-55(53)60(54)34-12-3-13-35-60/h1-2,4-11,14-33,36-39H,3,12-13,34-35H2. The predicted molar refractivity (Wildman–Crippen MR) is 259 cm³/mol. The van der Waals surface area contributed by atoms with Crippen molar-refractivity contribution in [1.29, 1.82) is 0 Å². The van der Waals surface area contributed by atoms with Crippen molar-refractivity contribution in [3.63, 3.8) is 0 Å². The Morgan fingerprint density at radius 3 is 1.66 bits per heavy atom. The van der Waals surface area contributed by atoms with Crippen LogP contribution in [0, 0.1) is 0 Å². The van der Waals surface area contributed by atoms with Crippen LogP contribution in [0.5, 0.6) is 0 Å². The molecular weight excluding hydrogens is 749 g/mol. The second kappa shape index (κ2) is 14.9. The minimum absolute atomic E-state index is 0.0823. The second-order valence-corrected chi connectivity index (χ2v) is 17.2. The molecule has 0 radical (unpaired) electrons. The van der Waals surface area contributed by atoms with E-state index in [1.807, 2.05) is 18.2 Å². The smallest absolute Gasteiger partial charge is 0.160 e. The lowest BCUT2D eigenvalue weighted by molar-refractivity contribution is 0.353. The molecule has 1 aromatic heterocycles. The van der Waals surface area contributed by atoms with Crippen LogP contribution in [-0.2, 0) is 5.41 Å². The zero-order valence-electron chi connectivity index (χ0n) is 34.6. The van der Waals surface area contributed by atoms with E-state index in [1.165, 1.54) is 104 Å². The summed E-state index contributed by atoms with van der Waals surface area (Å²) in [5, 5.41) is 5.19. The summed E-state index contributed by atoms with van der Waals surface area (Å²) in [5.41, 5.74) is 18.3. The van der Waals surface area contributed by atoms with Crippen LogP contribution in [0.15, 0.2) is 206 Å². The molecule has 2 aliphatic carbocycles. The molecule has 0 amide bonds. The summed E-state index contributed by atoms with van der Waals surface area (Å²) in [6.45, 7) is 0. The zero-order valence-corrected chi connectivity index (χ0v) is 34.6. The third-order valence-corrected chi connectivity index (χ3v) is 13.7. The minimum Gasteiger partial charge on any atom is -0.228 e. The SMILES string of the molecule is c1ccc(-c2cccc(-c3cc(-c4ccc(-c5ccc(-c6cccc7c6-c6cc8ccccc8cc6C76CCCCC6)c6ccccc56)cc4)nc(-c4ccccc4)n3)c2)cc1. The fourth-order valence-electron chi connectivity index (χ4n) is 10.7. The predicted octanol–water partition coefficient (Wildman–Crippen LogP) is 16.0. The van der Waals surface area contributed by atoms with Crippen LogP contribution in [-0.4, -0.2) is 9.97 Å². The van der Waals surface area contributed by atoms with Crippen LogP contribution in [0.3, 0.4) is 0 Å². The Hall–Kier alpha value is -7.42.